The van der Waals surface area contributed by atoms with E-state index in [0.717, 1.165) is 39.1 Å². The van der Waals surface area contributed by atoms with Crippen LogP contribution in [-0.2, 0) is 5.41 Å². The van der Waals surface area contributed by atoms with Crippen molar-refractivity contribution in [2.75, 3.05) is 0 Å². The van der Waals surface area contributed by atoms with Crippen LogP contribution in [0.25, 0.3) is 94.1 Å². The van der Waals surface area contributed by atoms with Crippen molar-refractivity contribution in [3.63, 3.8) is 0 Å². The molecule has 2 heterocycles. The zero-order valence-corrected chi connectivity index (χ0v) is 32.1. The molecule has 0 saturated carbocycles. The number of hydrogen-bond acceptors (Lipinski definition) is 2. The molecule has 0 fully saturated rings. The molecule has 3 heteroatoms. The molecule has 2 aromatic heterocycles. The van der Waals surface area contributed by atoms with Gasteiger partial charge in [0.25, 0.3) is 0 Å². The van der Waals surface area contributed by atoms with Gasteiger partial charge in [-0.25, -0.2) is 9.97 Å². The van der Waals surface area contributed by atoms with Crippen molar-refractivity contribution in [1.29, 1.82) is 0 Å². The molecule has 0 atom stereocenters. The first kappa shape index (κ1) is 33.7. The van der Waals surface area contributed by atoms with Crippen molar-refractivity contribution >= 4 is 43.4 Å². The Bertz CT molecular complexity index is 3060. The predicted octanol–water partition coefficient (Wildman–Crippen LogP) is 14.2. The summed E-state index contributed by atoms with van der Waals surface area (Å²) < 4.78 is 2.34. The second kappa shape index (κ2) is 13.2. The van der Waals surface area contributed by atoms with Crippen molar-refractivity contribution in [2.45, 2.75) is 33.1 Å². The van der Waals surface area contributed by atoms with E-state index in [4.69, 9.17) is 9.97 Å². The van der Waals surface area contributed by atoms with Crippen LogP contribution in [-0.4, -0.2) is 14.5 Å². The minimum absolute atomic E-state index is 0.154. The third kappa shape index (κ3) is 5.12. The molecule has 0 bridgehead atoms. The molecule has 1 aliphatic rings. The van der Waals surface area contributed by atoms with E-state index in [1.165, 1.54) is 60.1 Å². The normalized spacial score (nSPS) is 12.8. The molecular formula is C53H41N3. The molecule has 8 aromatic carbocycles. The molecule has 0 amide bonds. The first-order valence-electron chi connectivity index (χ1n) is 19.7. The maximum absolute atomic E-state index is 5.40. The van der Waals surface area contributed by atoms with Gasteiger partial charge in [0.05, 0.1) is 22.4 Å². The molecular weight excluding hydrogens is 679 g/mol. The summed E-state index contributed by atoms with van der Waals surface area (Å²) in [5, 5.41) is 7.30. The van der Waals surface area contributed by atoms with E-state index in [1.807, 2.05) is 26.0 Å². The minimum atomic E-state index is -0.154. The Morgan fingerprint density at radius 2 is 0.982 bits per heavy atom. The van der Waals surface area contributed by atoms with Crippen LogP contribution >= 0.6 is 0 Å². The van der Waals surface area contributed by atoms with Crippen LogP contribution in [0.4, 0.5) is 0 Å². The highest BCUT2D eigenvalue weighted by Gasteiger charge is 2.37. The predicted molar refractivity (Wildman–Crippen MR) is 237 cm³/mol. The fraction of sp³-hybridized carbons (Fsp3) is 0.0943. The molecule has 0 saturated heterocycles. The number of hydrogen-bond donors (Lipinski definition) is 0. The van der Waals surface area contributed by atoms with Gasteiger partial charge in [-0.05, 0) is 56.1 Å². The van der Waals surface area contributed by atoms with Crippen LogP contribution in [0.2, 0.25) is 0 Å². The Kier molecular flexibility index (Phi) is 7.93. The fourth-order valence-corrected chi connectivity index (χ4v) is 8.98. The molecule has 0 radical (unpaired) electrons. The van der Waals surface area contributed by atoms with Gasteiger partial charge in [0.2, 0.25) is 5.95 Å². The summed E-state index contributed by atoms with van der Waals surface area (Å²) in [7, 11) is 0. The first-order valence-corrected chi connectivity index (χ1v) is 19.7. The van der Waals surface area contributed by atoms with E-state index >= 15 is 0 Å². The van der Waals surface area contributed by atoms with Crippen LogP contribution in [0.3, 0.4) is 0 Å². The molecule has 11 rings (SSSR count). The Hall–Kier alpha value is -6.84. The third-order valence-electron chi connectivity index (χ3n) is 11.6. The highest BCUT2D eigenvalue weighted by molar-refractivity contribution is 6.21. The maximum Gasteiger partial charge on any atom is 0.235 e. The van der Waals surface area contributed by atoms with Gasteiger partial charge in [0, 0.05) is 38.3 Å². The van der Waals surface area contributed by atoms with Gasteiger partial charge in [-0.2, -0.15) is 0 Å². The highest BCUT2D eigenvalue weighted by atomic mass is 15.2. The maximum atomic E-state index is 5.40. The zero-order chi connectivity index (χ0) is 38.0. The molecule has 1 aliphatic carbocycles. The Morgan fingerprint density at radius 1 is 0.411 bits per heavy atom. The standard InChI is InChI=1S/C51H35N3.C2H6/c1-51(2)43-29-26-32-14-9-11-20-37(32)47(43)42-28-25-36(30-44(42)51)39-22-13-23-40-41-27-24-33-15-10-12-21-38(33)48(41)54(49(39)40)50-52-45(34-16-5-3-6-17-34)31-46(53-50)35-18-7-4-8-19-35;1-2/h3-31H,1-2H3;1-2H3. The lowest BCUT2D eigenvalue weighted by Gasteiger charge is -2.22. The summed E-state index contributed by atoms with van der Waals surface area (Å²) in [5.74, 6) is 0.652. The van der Waals surface area contributed by atoms with Gasteiger partial charge in [0.15, 0.2) is 0 Å². The topological polar surface area (TPSA) is 30.7 Å². The zero-order valence-electron chi connectivity index (χ0n) is 32.1. The fourth-order valence-electron chi connectivity index (χ4n) is 8.98. The lowest BCUT2D eigenvalue weighted by molar-refractivity contribution is 0.661. The van der Waals surface area contributed by atoms with Gasteiger partial charge in [-0.15, -0.1) is 0 Å². The number of aromatic nitrogens is 3. The molecule has 56 heavy (non-hydrogen) atoms. The molecule has 268 valence electrons. The molecule has 3 nitrogen and oxygen atoms in total. The molecule has 10 aromatic rings. The lowest BCUT2D eigenvalue weighted by Crippen LogP contribution is -2.15. The van der Waals surface area contributed by atoms with Crippen molar-refractivity contribution in [3.05, 3.63) is 187 Å². The second-order valence-corrected chi connectivity index (χ2v) is 15.0. The molecule has 0 N–H and O–H groups in total. The second-order valence-electron chi connectivity index (χ2n) is 15.0. The van der Waals surface area contributed by atoms with E-state index in [2.05, 4.69) is 182 Å². The molecule has 0 spiro atoms. The number of benzene rings is 8. The number of para-hydroxylation sites is 1. The van der Waals surface area contributed by atoms with Crippen LogP contribution < -0.4 is 0 Å². The van der Waals surface area contributed by atoms with Crippen LogP contribution in [0, 0.1) is 0 Å². The van der Waals surface area contributed by atoms with E-state index < -0.39 is 0 Å². The summed E-state index contributed by atoms with van der Waals surface area (Å²) in [6.45, 7) is 8.74. The van der Waals surface area contributed by atoms with Gasteiger partial charge in [-0.1, -0.05) is 191 Å². The van der Waals surface area contributed by atoms with E-state index in [1.54, 1.807) is 0 Å². The Balaban J connectivity index is 0.00000189. The van der Waals surface area contributed by atoms with Crippen molar-refractivity contribution in [1.82, 2.24) is 14.5 Å². The van der Waals surface area contributed by atoms with E-state index in [9.17, 15) is 0 Å². The average Bonchev–Trinajstić information content (AvgIpc) is 3.73. The van der Waals surface area contributed by atoms with Crippen LogP contribution in [0.5, 0.6) is 0 Å². The highest BCUT2D eigenvalue weighted by Crippen LogP contribution is 2.52. The Morgan fingerprint density at radius 3 is 1.68 bits per heavy atom. The van der Waals surface area contributed by atoms with Crippen molar-refractivity contribution < 1.29 is 0 Å². The van der Waals surface area contributed by atoms with Crippen LogP contribution in [0.15, 0.2) is 176 Å². The van der Waals surface area contributed by atoms with E-state index in [0.29, 0.717) is 5.95 Å². The van der Waals surface area contributed by atoms with Crippen molar-refractivity contribution in [3.8, 4) is 50.7 Å². The average molecular weight is 720 g/mol. The summed E-state index contributed by atoms with van der Waals surface area (Å²) in [5.41, 5.74) is 13.7. The van der Waals surface area contributed by atoms with Gasteiger partial charge in [-0.3, -0.25) is 4.57 Å². The SMILES string of the molecule is CC.CC1(C)c2cc(-c3cccc4c5ccc6ccccc6c5n(-c5nc(-c6ccccc6)cc(-c6ccccc6)n5)c34)ccc2-c2c1ccc1ccccc21. The summed E-state index contributed by atoms with van der Waals surface area (Å²) >= 11 is 0. The number of rotatable bonds is 4. The monoisotopic (exact) mass is 719 g/mol. The molecule has 0 aliphatic heterocycles. The first-order chi connectivity index (χ1) is 27.5. The summed E-state index contributed by atoms with van der Waals surface area (Å²) in [6, 6.07) is 63.4. The summed E-state index contributed by atoms with van der Waals surface area (Å²) in [4.78, 5) is 10.8. The largest absolute Gasteiger partial charge is 0.277 e. The quantitative estimate of drug-likeness (QED) is 0.181. The van der Waals surface area contributed by atoms with Gasteiger partial charge in [0.1, 0.15) is 0 Å². The van der Waals surface area contributed by atoms with Gasteiger partial charge < -0.3 is 0 Å². The van der Waals surface area contributed by atoms with Crippen molar-refractivity contribution in [2.24, 2.45) is 0 Å². The molecule has 0 unspecified atom stereocenters. The van der Waals surface area contributed by atoms with Gasteiger partial charge >= 0.3 is 0 Å². The van der Waals surface area contributed by atoms with E-state index in [-0.39, 0.29) is 5.41 Å². The lowest BCUT2D eigenvalue weighted by atomic mass is 9.81. The van der Waals surface area contributed by atoms with Crippen LogP contribution in [0.1, 0.15) is 38.8 Å². The number of fused-ring (bicyclic) bond motifs is 10. The number of nitrogens with zero attached hydrogens (tertiary/aromatic N) is 3. The summed E-state index contributed by atoms with van der Waals surface area (Å²) in [6.07, 6.45) is 0. The smallest absolute Gasteiger partial charge is 0.235 e. The third-order valence-corrected chi connectivity index (χ3v) is 11.6. The minimum Gasteiger partial charge on any atom is -0.277 e. The Labute approximate surface area is 327 Å².